The second-order valence-corrected chi connectivity index (χ2v) is 9.50. The molecule has 0 aliphatic carbocycles. The van der Waals surface area contributed by atoms with Crippen LogP contribution in [0.1, 0.15) is 30.5 Å². The van der Waals surface area contributed by atoms with Gasteiger partial charge in [-0.15, -0.1) is 10.2 Å². The van der Waals surface area contributed by atoms with E-state index in [9.17, 15) is 10.4 Å². The van der Waals surface area contributed by atoms with E-state index < -0.39 is 6.10 Å². The Labute approximate surface area is 197 Å². The van der Waals surface area contributed by atoms with Crippen molar-refractivity contribution in [3.05, 3.63) is 53.1 Å². The first-order valence-electron chi connectivity index (χ1n) is 11.1. The van der Waals surface area contributed by atoms with Gasteiger partial charge in [-0.25, -0.2) is 0 Å². The maximum atomic E-state index is 9.76. The van der Waals surface area contributed by atoms with Crippen molar-refractivity contribution in [3.63, 3.8) is 0 Å². The molecule has 0 saturated heterocycles. The number of β-amino-alcohol motifs (C(OH)–C–C–N with tert-alkyl or cyclic N) is 1. The van der Waals surface area contributed by atoms with E-state index in [0.29, 0.717) is 17.9 Å². The summed E-state index contributed by atoms with van der Waals surface area (Å²) in [6, 6.07) is 14.2. The number of rotatable bonds is 7. The van der Waals surface area contributed by atoms with Gasteiger partial charge in [0, 0.05) is 30.8 Å². The fraction of sp³-hybridized carbons (Fsp3) is 0.400. The Hall–Kier alpha value is -2.83. The largest absolute Gasteiger partial charge is 0.490 e. The minimum absolute atomic E-state index is 0.00360. The number of benzene rings is 2. The Morgan fingerprint density at radius 3 is 2.39 bits per heavy atom. The summed E-state index contributed by atoms with van der Waals surface area (Å²) in [6.07, 6.45) is 1.09. The molecule has 0 radical (unpaired) electrons. The summed E-state index contributed by atoms with van der Waals surface area (Å²) in [4.78, 5) is 2.20. The summed E-state index contributed by atoms with van der Waals surface area (Å²) in [5.74, 6) is 0.576. The smallest absolute Gasteiger partial charge is 0.148 e. The van der Waals surface area contributed by atoms with Crippen molar-refractivity contribution in [2.24, 2.45) is 0 Å². The quantitative estimate of drug-likeness (QED) is 0.553. The highest BCUT2D eigenvalue weighted by Crippen LogP contribution is 2.33. The molecule has 0 bridgehead atoms. The number of ether oxygens (including phenoxy) is 1. The third-order valence-corrected chi connectivity index (χ3v) is 6.68. The van der Waals surface area contributed by atoms with Crippen LogP contribution in [0, 0.1) is 11.3 Å². The molecule has 33 heavy (non-hydrogen) atoms. The zero-order valence-electron chi connectivity index (χ0n) is 18.9. The van der Waals surface area contributed by atoms with Crippen LogP contribution in [0.4, 0.5) is 0 Å². The van der Waals surface area contributed by atoms with Crippen LogP contribution in [-0.4, -0.2) is 63.8 Å². The van der Waals surface area contributed by atoms with Gasteiger partial charge in [0.25, 0.3) is 0 Å². The topological polar surface area (TPSA) is 102 Å². The normalized spacial score (nSPS) is 15.0. The SMILES string of the molecule is CC(C)Oc1ccc(-c2nnc(-c3ccc4c(c3)CCN(C[C@H](O)CO)CC4)s2)cc1C#N. The lowest BCUT2D eigenvalue weighted by molar-refractivity contribution is 0.0605. The molecule has 0 fully saturated rings. The first kappa shape index (κ1) is 23.3. The number of hydrogen-bond donors (Lipinski definition) is 2. The fourth-order valence-corrected chi connectivity index (χ4v) is 4.84. The van der Waals surface area contributed by atoms with Crippen molar-refractivity contribution >= 4 is 11.3 Å². The first-order valence-corrected chi connectivity index (χ1v) is 12.0. The number of nitrogens with zero attached hydrogens (tertiary/aromatic N) is 4. The maximum Gasteiger partial charge on any atom is 0.148 e. The summed E-state index contributed by atoms with van der Waals surface area (Å²) in [5, 5.41) is 38.8. The lowest BCUT2D eigenvalue weighted by atomic mass is 10.0. The average Bonchev–Trinajstić information content (AvgIpc) is 3.22. The van der Waals surface area contributed by atoms with Crippen molar-refractivity contribution in [2.45, 2.75) is 38.9 Å². The highest BCUT2D eigenvalue weighted by molar-refractivity contribution is 7.17. The maximum absolute atomic E-state index is 9.76. The van der Waals surface area contributed by atoms with E-state index in [1.54, 1.807) is 6.07 Å². The summed E-state index contributed by atoms with van der Waals surface area (Å²) in [7, 11) is 0. The Balaban J connectivity index is 1.53. The number of nitriles is 1. The molecule has 0 amide bonds. The lowest BCUT2D eigenvalue weighted by Gasteiger charge is -2.21. The van der Waals surface area contributed by atoms with Gasteiger partial charge in [-0.2, -0.15) is 5.26 Å². The van der Waals surface area contributed by atoms with Crippen molar-refractivity contribution in [1.82, 2.24) is 15.1 Å². The van der Waals surface area contributed by atoms with Crippen LogP contribution in [0.25, 0.3) is 21.1 Å². The standard InChI is InChI=1S/C25H28N4O3S/c1-16(2)32-23-6-5-20(12-21(23)13-26)25-28-27-24(33-25)19-4-3-17-7-9-29(14-22(31)15-30)10-8-18(17)11-19/h3-6,11-12,16,22,30-31H,7-10,14-15H2,1-2H3/t22-/m0/s1. The van der Waals surface area contributed by atoms with E-state index in [1.807, 2.05) is 26.0 Å². The molecule has 1 aliphatic heterocycles. The Bertz CT molecular complexity index is 1150. The predicted octanol–water partition coefficient (Wildman–Crippen LogP) is 3.28. The van der Waals surface area contributed by atoms with Gasteiger partial charge in [0.05, 0.1) is 24.4 Å². The zero-order valence-corrected chi connectivity index (χ0v) is 19.7. The monoisotopic (exact) mass is 464 g/mol. The zero-order chi connectivity index (χ0) is 23.4. The van der Waals surface area contributed by atoms with Crippen LogP contribution in [0.5, 0.6) is 5.75 Å². The second-order valence-electron chi connectivity index (χ2n) is 8.52. The minimum Gasteiger partial charge on any atom is -0.490 e. The molecule has 2 aromatic carbocycles. The molecular weight excluding hydrogens is 436 g/mol. The molecule has 1 aliphatic rings. The van der Waals surface area contributed by atoms with E-state index >= 15 is 0 Å². The summed E-state index contributed by atoms with van der Waals surface area (Å²) >= 11 is 1.50. The van der Waals surface area contributed by atoms with Crippen molar-refractivity contribution in [2.75, 3.05) is 26.2 Å². The van der Waals surface area contributed by atoms with Crippen molar-refractivity contribution < 1.29 is 14.9 Å². The molecule has 4 rings (SSSR count). The van der Waals surface area contributed by atoms with Gasteiger partial charge in [-0.05, 0) is 62.1 Å². The number of hydrogen-bond acceptors (Lipinski definition) is 8. The molecule has 7 nitrogen and oxygen atoms in total. The van der Waals surface area contributed by atoms with Crippen LogP contribution in [0.2, 0.25) is 0 Å². The van der Waals surface area contributed by atoms with Crippen LogP contribution in [0.15, 0.2) is 36.4 Å². The van der Waals surface area contributed by atoms with E-state index in [0.717, 1.165) is 47.1 Å². The second kappa shape index (κ2) is 10.4. The van der Waals surface area contributed by atoms with Crippen LogP contribution in [-0.2, 0) is 12.8 Å². The highest BCUT2D eigenvalue weighted by atomic mass is 32.1. The molecule has 1 atom stereocenters. The molecular formula is C25H28N4O3S. The van der Waals surface area contributed by atoms with Crippen molar-refractivity contribution in [1.29, 1.82) is 5.26 Å². The van der Waals surface area contributed by atoms with Crippen LogP contribution in [0.3, 0.4) is 0 Å². The van der Waals surface area contributed by atoms with Crippen LogP contribution < -0.4 is 4.74 Å². The molecule has 3 aromatic rings. The number of aliphatic hydroxyl groups is 2. The Kier molecular flexibility index (Phi) is 7.36. The summed E-state index contributed by atoms with van der Waals surface area (Å²) < 4.78 is 5.71. The summed E-state index contributed by atoms with van der Waals surface area (Å²) in [6.45, 7) is 5.85. The lowest BCUT2D eigenvalue weighted by Crippen LogP contribution is -2.35. The van der Waals surface area contributed by atoms with Gasteiger partial charge in [-0.1, -0.05) is 23.5 Å². The highest BCUT2D eigenvalue weighted by Gasteiger charge is 2.18. The Morgan fingerprint density at radius 2 is 1.73 bits per heavy atom. The number of aliphatic hydroxyl groups excluding tert-OH is 2. The Morgan fingerprint density at radius 1 is 1.06 bits per heavy atom. The molecule has 0 spiro atoms. The van der Waals surface area contributed by atoms with Gasteiger partial charge in [-0.3, -0.25) is 0 Å². The third kappa shape index (κ3) is 5.57. The molecule has 0 unspecified atom stereocenters. The van der Waals surface area contributed by atoms with E-state index in [2.05, 4.69) is 39.4 Å². The van der Waals surface area contributed by atoms with Crippen LogP contribution >= 0.6 is 11.3 Å². The first-order chi connectivity index (χ1) is 16.0. The molecule has 2 N–H and O–H groups in total. The van der Waals surface area contributed by atoms with Gasteiger partial charge >= 0.3 is 0 Å². The van der Waals surface area contributed by atoms with E-state index in [-0.39, 0.29) is 12.7 Å². The third-order valence-electron chi connectivity index (χ3n) is 5.66. The molecule has 8 heteroatoms. The van der Waals surface area contributed by atoms with Gasteiger partial charge in [0.1, 0.15) is 21.8 Å². The molecule has 0 saturated carbocycles. The number of fused-ring (bicyclic) bond motifs is 1. The van der Waals surface area contributed by atoms with Crippen molar-refractivity contribution in [3.8, 4) is 33.0 Å². The average molecular weight is 465 g/mol. The fourth-order valence-electron chi connectivity index (χ4n) is 4.01. The molecule has 1 aromatic heterocycles. The van der Waals surface area contributed by atoms with Gasteiger partial charge in [0.2, 0.25) is 0 Å². The van der Waals surface area contributed by atoms with E-state index in [1.165, 1.54) is 22.5 Å². The van der Waals surface area contributed by atoms with E-state index in [4.69, 9.17) is 9.84 Å². The van der Waals surface area contributed by atoms with Gasteiger partial charge < -0.3 is 19.8 Å². The number of aromatic nitrogens is 2. The summed E-state index contributed by atoms with van der Waals surface area (Å²) in [5.41, 5.74) is 4.95. The predicted molar refractivity (Wildman–Crippen MR) is 128 cm³/mol. The molecule has 2 heterocycles. The minimum atomic E-state index is -0.700. The molecule has 172 valence electrons. The van der Waals surface area contributed by atoms with Gasteiger partial charge in [0.15, 0.2) is 0 Å².